The Hall–Kier alpha value is -3.95. The van der Waals surface area contributed by atoms with Gasteiger partial charge < -0.3 is 21.1 Å². The summed E-state index contributed by atoms with van der Waals surface area (Å²) in [6.07, 6.45) is 0.467. The van der Waals surface area contributed by atoms with Gasteiger partial charge in [-0.1, -0.05) is 12.1 Å². The van der Waals surface area contributed by atoms with Crippen LogP contribution in [0.5, 0.6) is 5.75 Å². The molecule has 29 heavy (non-hydrogen) atoms. The van der Waals surface area contributed by atoms with E-state index in [4.69, 9.17) is 0 Å². The summed E-state index contributed by atoms with van der Waals surface area (Å²) in [6, 6.07) is 11.1. The smallest absolute Gasteiger partial charge is 0.270 e. The lowest BCUT2D eigenvalue weighted by molar-refractivity contribution is -0.384. The first-order chi connectivity index (χ1) is 13.9. The van der Waals surface area contributed by atoms with Gasteiger partial charge in [0, 0.05) is 36.3 Å². The number of aromatic hydroxyl groups is 1. The number of carbonyl (C=O) groups excluding carboxylic acids is 3. The van der Waals surface area contributed by atoms with Gasteiger partial charge in [-0.2, -0.15) is 0 Å². The maximum absolute atomic E-state index is 12.0. The van der Waals surface area contributed by atoms with Crippen LogP contribution >= 0.6 is 0 Å². The zero-order valence-electron chi connectivity index (χ0n) is 15.4. The molecule has 0 heterocycles. The molecule has 0 saturated heterocycles. The van der Waals surface area contributed by atoms with Crippen molar-refractivity contribution in [2.24, 2.45) is 0 Å². The number of amides is 3. The predicted octanol–water partition coefficient (Wildman–Crippen LogP) is 0.966. The maximum Gasteiger partial charge on any atom is 0.270 e. The van der Waals surface area contributed by atoms with E-state index in [0.717, 1.165) is 6.07 Å². The van der Waals surface area contributed by atoms with Gasteiger partial charge >= 0.3 is 0 Å². The van der Waals surface area contributed by atoms with E-state index in [1.54, 1.807) is 12.1 Å². The van der Waals surface area contributed by atoms with Gasteiger partial charge in [0.15, 0.2) is 0 Å². The third-order valence-electron chi connectivity index (χ3n) is 3.80. The molecule has 3 amide bonds. The number of rotatable bonds is 9. The number of nitrogens with zero attached hydrogens (tertiary/aromatic N) is 1. The molecule has 152 valence electrons. The second-order valence-electron chi connectivity index (χ2n) is 6.00. The number of nitrogens with one attached hydrogen (secondary N) is 3. The third-order valence-corrected chi connectivity index (χ3v) is 3.80. The summed E-state index contributed by atoms with van der Waals surface area (Å²) >= 11 is 0. The fourth-order valence-electron chi connectivity index (χ4n) is 2.35. The number of nitro benzene ring substituents is 1. The molecule has 2 rings (SSSR count). The summed E-state index contributed by atoms with van der Waals surface area (Å²) in [6.45, 7) is 0.317. The van der Waals surface area contributed by atoms with Crippen molar-refractivity contribution in [2.45, 2.75) is 6.42 Å². The van der Waals surface area contributed by atoms with Crippen LogP contribution in [0.3, 0.4) is 0 Å². The Morgan fingerprint density at radius 3 is 2.21 bits per heavy atom. The minimum atomic E-state index is -0.608. The molecule has 4 N–H and O–H groups in total. The lowest BCUT2D eigenvalue weighted by Gasteiger charge is -2.08. The fourth-order valence-corrected chi connectivity index (χ4v) is 2.35. The molecule has 0 atom stereocenters. The Labute approximate surface area is 166 Å². The molecule has 0 bridgehead atoms. The summed E-state index contributed by atoms with van der Waals surface area (Å²) in [5.74, 6) is -1.36. The highest BCUT2D eigenvalue weighted by Gasteiger charge is 2.12. The quantitative estimate of drug-likeness (QED) is 0.280. The molecule has 0 aliphatic heterocycles. The fraction of sp³-hybridized carbons (Fsp3) is 0.211. The first-order valence-corrected chi connectivity index (χ1v) is 8.73. The van der Waals surface area contributed by atoms with Crippen LogP contribution in [0.25, 0.3) is 0 Å². The first kappa shape index (κ1) is 21.4. The number of nitro groups is 1. The van der Waals surface area contributed by atoms with Crippen molar-refractivity contribution in [1.29, 1.82) is 0 Å². The van der Waals surface area contributed by atoms with Gasteiger partial charge in [-0.15, -0.1) is 0 Å². The van der Waals surface area contributed by atoms with Gasteiger partial charge in [0.25, 0.3) is 17.5 Å². The van der Waals surface area contributed by atoms with E-state index < -0.39 is 16.7 Å². The monoisotopic (exact) mass is 400 g/mol. The first-order valence-electron chi connectivity index (χ1n) is 8.73. The highest BCUT2D eigenvalue weighted by molar-refractivity contribution is 5.97. The molecule has 0 aliphatic carbocycles. The molecular weight excluding hydrogens is 380 g/mol. The molecule has 0 unspecified atom stereocenters. The third kappa shape index (κ3) is 6.94. The van der Waals surface area contributed by atoms with E-state index in [9.17, 15) is 29.6 Å². The lowest BCUT2D eigenvalue weighted by atomic mass is 10.2. The molecule has 0 saturated carbocycles. The van der Waals surface area contributed by atoms with Crippen molar-refractivity contribution >= 4 is 23.4 Å². The largest absolute Gasteiger partial charge is 0.508 e. The summed E-state index contributed by atoms with van der Waals surface area (Å²) in [5, 5.41) is 27.7. The lowest BCUT2D eigenvalue weighted by Crippen LogP contribution is -2.38. The van der Waals surface area contributed by atoms with Crippen LogP contribution < -0.4 is 16.0 Å². The van der Waals surface area contributed by atoms with Crippen LogP contribution in [-0.4, -0.2) is 47.4 Å². The van der Waals surface area contributed by atoms with Crippen molar-refractivity contribution in [3.63, 3.8) is 0 Å². The second-order valence-corrected chi connectivity index (χ2v) is 6.00. The Bertz CT molecular complexity index is 915. The van der Waals surface area contributed by atoms with Gasteiger partial charge in [-0.25, -0.2) is 0 Å². The number of non-ortho nitro benzene ring substituents is 1. The molecule has 0 aromatic heterocycles. The van der Waals surface area contributed by atoms with Crippen molar-refractivity contribution in [1.82, 2.24) is 16.0 Å². The van der Waals surface area contributed by atoms with Crippen LogP contribution in [0.15, 0.2) is 48.5 Å². The van der Waals surface area contributed by atoms with Crippen LogP contribution in [0, 0.1) is 10.1 Å². The normalized spacial score (nSPS) is 10.1. The second kappa shape index (κ2) is 10.4. The number of phenolic OH excluding ortho intramolecular Hbond substituents is 1. The minimum absolute atomic E-state index is 0.00271. The van der Waals surface area contributed by atoms with Crippen molar-refractivity contribution in [3.8, 4) is 5.75 Å². The Kier molecular flexibility index (Phi) is 7.66. The summed E-state index contributed by atoms with van der Waals surface area (Å²) in [5.41, 5.74) is 0.203. The van der Waals surface area contributed by atoms with E-state index in [1.165, 1.54) is 30.3 Å². The van der Waals surface area contributed by atoms with Crippen molar-refractivity contribution in [2.75, 3.05) is 19.6 Å². The van der Waals surface area contributed by atoms with Crippen LogP contribution in [0.4, 0.5) is 5.69 Å². The SMILES string of the molecule is O=C(CNC(=O)c1cccc([N+](=O)[O-])c1)NCCCNC(=O)c1cccc(O)c1. The highest BCUT2D eigenvalue weighted by atomic mass is 16.6. The average Bonchev–Trinajstić information content (AvgIpc) is 2.71. The van der Waals surface area contributed by atoms with Gasteiger partial charge in [-0.3, -0.25) is 24.5 Å². The van der Waals surface area contributed by atoms with Crippen LogP contribution in [0.2, 0.25) is 0 Å². The summed E-state index contributed by atoms with van der Waals surface area (Å²) in [7, 11) is 0. The summed E-state index contributed by atoms with van der Waals surface area (Å²) < 4.78 is 0. The van der Waals surface area contributed by atoms with Gasteiger partial charge in [0.2, 0.25) is 5.91 Å². The molecule has 10 nitrogen and oxygen atoms in total. The number of hydrogen-bond donors (Lipinski definition) is 4. The topological polar surface area (TPSA) is 151 Å². The van der Waals surface area contributed by atoms with Crippen LogP contribution in [0.1, 0.15) is 27.1 Å². The molecule has 0 radical (unpaired) electrons. The molecular formula is C19H20N4O6. The zero-order chi connectivity index (χ0) is 21.2. The predicted molar refractivity (Wildman–Crippen MR) is 103 cm³/mol. The summed E-state index contributed by atoms with van der Waals surface area (Å²) in [4.78, 5) is 45.7. The van der Waals surface area contributed by atoms with E-state index in [2.05, 4.69) is 16.0 Å². The number of benzene rings is 2. The van der Waals surface area contributed by atoms with E-state index in [-0.39, 0.29) is 36.0 Å². The van der Waals surface area contributed by atoms with Crippen LogP contribution in [-0.2, 0) is 4.79 Å². The Morgan fingerprint density at radius 2 is 1.52 bits per heavy atom. The number of hydrogen-bond acceptors (Lipinski definition) is 6. The van der Waals surface area contributed by atoms with Gasteiger partial charge in [-0.05, 0) is 30.7 Å². The zero-order valence-corrected chi connectivity index (χ0v) is 15.4. The molecule has 0 aliphatic rings. The molecule has 10 heteroatoms. The Balaban J connectivity index is 1.64. The number of carbonyl (C=O) groups is 3. The standard InChI is InChI=1S/C19H20N4O6/c24-16-7-2-5-14(11-16)18(26)21-9-3-8-20-17(25)12-22-19(27)13-4-1-6-15(10-13)23(28)29/h1-2,4-7,10-11,24H,3,8-9,12H2,(H,20,25)(H,21,26)(H,22,27). The highest BCUT2D eigenvalue weighted by Crippen LogP contribution is 2.13. The maximum atomic E-state index is 12.0. The average molecular weight is 400 g/mol. The van der Waals surface area contributed by atoms with Gasteiger partial charge in [0.1, 0.15) is 5.75 Å². The Morgan fingerprint density at radius 1 is 0.897 bits per heavy atom. The van der Waals surface area contributed by atoms with E-state index in [0.29, 0.717) is 18.5 Å². The van der Waals surface area contributed by atoms with E-state index in [1.807, 2.05) is 0 Å². The molecule has 2 aromatic rings. The minimum Gasteiger partial charge on any atom is -0.508 e. The van der Waals surface area contributed by atoms with Crippen molar-refractivity contribution < 1.29 is 24.4 Å². The van der Waals surface area contributed by atoms with Crippen molar-refractivity contribution in [3.05, 3.63) is 69.8 Å². The number of phenols is 1. The molecule has 0 spiro atoms. The molecule has 2 aromatic carbocycles. The van der Waals surface area contributed by atoms with Gasteiger partial charge in [0.05, 0.1) is 11.5 Å². The van der Waals surface area contributed by atoms with E-state index >= 15 is 0 Å². The molecule has 0 fully saturated rings.